The molecule has 1 aromatic heterocycles. The predicted molar refractivity (Wildman–Crippen MR) is 55.5 cm³/mol. The number of tetrazole rings is 1. The summed E-state index contributed by atoms with van der Waals surface area (Å²) in [5, 5.41) is 11.7. The van der Waals surface area contributed by atoms with E-state index in [4.69, 9.17) is 5.73 Å². The molecule has 0 saturated heterocycles. The fraction of sp³-hybridized carbons (Fsp3) is 0.300. The van der Waals surface area contributed by atoms with E-state index in [9.17, 15) is 0 Å². The summed E-state index contributed by atoms with van der Waals surface area (Å²) in [5.74, 6) is 1.47. The minimum atomic E-state index is 0.529. The highest BCUT2D eigenvalue weighted by molar-refractivity contribution is 5.47. The lowest BCUT2D eigenvalue weighted by Crippen LogP contribution is -2.02. The number of nitrogens with two attached hydrogens (primary N) is 1. The standard InChI is InChI=1S/C10H11N5/c11-8-2-1-3-9(6-8)15-10(7-4-5-7)12-13-14-15/h1-3,6-7H,4-5,11H2. The van der Waals surface area contributed by atoms with Gasteiger partial charge in [0.25, 0.3) is 0 Å². The van der Waals surface area contributed by atoms with Gasteiger partial charge in [0.1, 0.15) is 0 Å². The van der Waals surface area contributed by atoms with Crippen molar-refractivity contribution in [1.29, 1.82) is 0 Å². The van der Waals surface area contributed by atoms with Gasteiger partial charge in [0.2, 0.25) is 0 Å². The Bertz CT molecular complexity index is 486. The van der Waals surface area contributed by atoms with Crippen LogP contribution in [0.3, 0.4) is 0 Å². The van der Waals surface area contributed by atoms with Crippen LogP contribution in [0.1, 0.15) is 24.6 Å². The molecule has 0 spiro atoms. The fourth-order valence-corrected chi connectivity index (χ4v) is 1.63. The lowest BCUT2D eigenvalue weighted by atomic mass is 10.3. The van der Waals surface area contributed by atoms with Gasteiger partial charge in [-0.05, 0) is 41.5 Å². The second kappa shape index (κ2) is 3.05. The molecule has 3 rings (SSSR count). The number of hydrogen-bond donors (Lipinski definition) is 1. The smallest absolute Gasteiger partial charge is 0.159 e. The summed E-state index contributed by atoms with van der Waals surface area (Å²) in [4.78, 5) is 0. The molecular formula is C10H11N5. The number of nitrogen functional groups attached to an aromatic ring is 1. The summed E-state index contributed by atoms with van der Waals surface area (Å²) in [6, 6.07) is 7.59. The first kappa shape index (κ1) is 8.40. The summed E-state index contributed by atoms with van der Waals surface area (Å²) < 4.78 is 1.77. The molecule has 76 valence electrons. The molecular weight excluding hydrogens is 190 g/mol. The highest BCUT2D eigenvalue weighted by Gasteiger charge is 2.29. The molecule has 0 aliphatic heterocycles. The van der Waals surface area contributed by atoms with Crippen molar-refractivity contribution in [3.8, 4) is 5.69 Å². The number of anilines is 1. The molecule has 0 amide bonds. The van der Waals surface area contributed by atoms with Gasteiger partial charge in [-0.15, -0.1) is 5.10 Å². The van der Waals surface area contributed by atoms with Gasteiger partial charge in [-0.3, -0.25) is 0 Å². The van der Waals surface area contributed by atoms with Crippen LogP contribution in [-0.4, -0.2) is 20.2 Å². The fourth-order valence-electron chi connectivity index (χ4n) is 1.63. The van der Waals surface area contributed by atoms with E-state index in [0.29, 0.717) is 5.92 Å². The van der Waals surface area contributed by atoms with Gasteiger partial charge in [-0.2, -0.15) is 4.68 Å². The first-order valence-corrected chi connectivity index (χ1v) is 4.99. The van der Waals surface area contributed by atoms with Crippen molar-refractivity contribution in [3.05, 3.63) is 30.1 Å². The summed E-state index contributed by atoms with van der Waals surface area (Å²) in [6.07, 6.45) is 2.37. The molecule has 1 aliphatic carbocycles. The molecule has 1 fully saturated rings. The van der Waals surface area contributed by atoms with Crippen LogP contribution in [-0.2, 0) is 0 Å². The zero-order valence-corrected chi connectivity index (χ0v) is 8.17. The number of rotatable bonds is 2. The number of nitrogens with zero attached hydrogens (tertiary/aromatic N) is 4. The Kier molecular flexibility index (Phi) is 1.71. The molecule has 2 N–H and O–H groups in total. The topological polar surface area (TPSA) is 69.6 Å². The van der Waals surface area contributed by atoms with Crippen LogP contribution >= 0.6 is 0 Å². The lowest BCUT2D eigenvalue weighted by molar-refractivity contribution is 0.763. The zero-order valence-electron chi connectivity index (χ0n) is 8.17. The van der Waals surface area contributed by atoms with Crippen LogP contribution in [0.25, 0.3) is 5.69 Å². The third kappa shape index (κ3) is 1.45. The molecule has 2 aromatic rings. The van der Waals surface area contributed by atoms with E-state index in [1.165, 1.54) is 12.8 Å². The van der Waals surface area contributed by atoms with Gasteiger partial charge in [0, 0.05) is 11.6 Å². The highest BCUT2D eigenvalue weighted by Crippen LogP contribution is 2.39. The van der Waals surface area contributed by atoms with Crippen LogP contribution < -0.4 is 5.73 Å². The van der Waals surface area contributed by atoms with Crippen LogP contribution in [0.4, 0.5) is 5.69 Å². The summed E-state index contributed by atoms with van der Waals surface area (Å²) >= 11 is 0. The monoisotopic (exact) mass is 201 g/mol. The molecule has 15 heavy (non-hydrogen) atoms. The SMILES string of the molecule is Nc1cccc(-n2nnnc2C2CC2)c1. The Balaban J connectivity index is 2.07. The zero-order chi connectivity index (χ0) is 10.3. The van der Waals surface area contributed by atoms with Crippen molar-refractivity contribution >= 4 is 5.69 Å². The Morgan fingerprint density at radius 3 is 2.93 bits per heavy atom. The maximum absolute atomic E-state index is 5.72. The minimum absolute atomic E-state index is 0.529. The molecule has 0 radical (unpaired) electrons. The molecule has 0 unspecified atom stereocenters. The Hall–Kier alpha value is -1.91. The molecule has 1 saturated carbocycles. The lowest BCUT2D eigenvalue weighted by Gasteiger charge is -2.03. The third-order valence-corrected chi connectivity index (χ3v) is 2.55. The van der Waals surface area contributed by atoms with Crippen LogP contribution in [0.5, 0.6) is 0 Å². The van der Waals surface area contributed by atoms with Gasteiger partial charge in [0.15, 0.2) is 5.82 Å². The van der Waals surface area contributed by atoms with E-state index in [-0.39, 0.29) is 0 Å². The van der Waals surface area contributed by atoms with Crippen molar-refractivity contribution in [2.45, 2.75) is 18.8 Å². The maximum Gasteiger partial charge on any atom is 0.159 e. The Morgan fingerprint density at radius 2 is 2.20 bits per heavy atom. The van der Waals surface area contributed by atoms with Gasteiger partial charge in [-0.1, -0.05) is 6.07 Å². The van der Waals surface area contributed by atoms with E-state index in [0.717, 1.165) is 17.2 Å². The van der Waals surface area contributed by atoms with E-state index in [2.05, 4.69) is 15.5 Å². The van der Waals surface area contributed by atoms with Crippen LogP contribution in [0.15, 0.2) is 24.3 Å². The van der Waals surface area contributed by atoms with Crippen molar-refractivity contribution in [1.82, 2.24) is 20.2 Å². The molecule has 0 bridgehead atoms. The number of benzene rings is 1. The van der Waals surface area contributed by atoms with Gasteiger partial charge in [0.05, 0.1) is 5.69 Å². The van der Waals surface area contributed by atoms with Crippen molar-refractivity contribution in [2.75, 3.05) is 5.73 Å². The second-order valence-electron chi connectivity index (χ2n) is 3.82. The molecule has 5 nitrogen and oxygen atoms in total. The third-order valence-electron chi connectivity index (χ3n) is 2.55. The van der Waals surface area contributed by atoms with E-state index in [1.54, 1.807) is 4.68 Å². The number of aromatic nitrogens is 4. The average Bonchev–Trinajstić information content (AvgIpc) is 2.96. The van der Waals surface area contributed by atoms with Gasteiger partial charge >= 0.3 is 0 Å². The normalized spacial score (nSPS) is 15.5. The first-order chi connectivity index (χ1) is 7.34. The maximum atomic E-state index is 5.72. The predicted octanol–water partition coefficient (Wildman–Crippen LogP) is 1.12. The Morgan fingerprint density at radius 1 is 1.33 bits per heavy atom. The van der Waals surface area contributed by atoms with Gasteiger partial charge < -0.3 is 5.73 Å². The summed E-state index contributed by atoms with van der Waals surface area (Å²) in [6.45, 7) is 0. The molecule has 1 aromatic carbocycles. The molecule has 1 heterocycles. The highest BCUT2D eigenvalue weighted by atomic mass is 15.5. The number of hydrogen-bond acceptors (Lipinski definition) is 4. The van der Waals surface area contributed by atoms with Crippen molar-refractivity contribution < 1.29 is 0 Å². The molecule has 5 heteroatoms. The molecule has 1 aliphatic rings. The van der Waals surface area contributed by atoms with Crippen LogP contribution in [0, 0.1) is 0 Å². The summed E-state index contributed by atoms with van der Waals surface area (Å²) in [7, 11) is 0. The second-order valence-corrected chi connectivity index (χ2v) is 3.82. The van der Waals surface area contributed by atoms with E-state index < -0.39 is 0 Å². The summed E-state index contributed by atoms with van der Waals surface area (Å²) in [5.41, 5.74) is 7.38. The van der Waals surface area contributed by atoms with Gasteiger partial charge in [-0.25, -0.2) is 0 Å². The van der Waals surface area contributed by atoms with Crippen molar-refractivity contribution in [3.63, 3.8) is 0 Å². The Labute approximate surface area is 86.9 Å². The largest absolute Gasteiger partial charge is 0.399 e. The van der Waals surface area contributed by atoms with Crippen molar-refractivity contribution in [2.24, 2.45) is 0 Å². The van der Waals surface area contributed by atoms with E-state index in [1.807, 2.05) is 24.3 Å². The quantitative estimate of drug-likeness (QED) is 0.739. The molecule has 0 atom stereocenters. The average molecular weight is 201 g/mol. The first-order valence-electron chi connectivity index (χ1n) is 4.99. The van der Waals surface area contributed by atoms with E-state index >= 15 is 0 Å². The van der Waals surface area contributed by atoms with Crippen LogP contribution in [0.2, 0.25) is 0 Å². The minimum Gasteiger partial charge on any atom is -0.399 e.